The number of sulfone groups is 1. The van der Waals surface area contributed by atoms with Crippen LogP contribution in [-0.4, -0.2) is 34.3 Å². The van der Waals surface area contributed by atoms with Crippen molar-refractivity contribution >= 4 is 21.4 Å². The molecule has 0 saturated carbocycles. The molecule has 0 bridgehead atoms. The third-order valence-electron chi connectivity index (χ3n) is 4.78. The highest BCUT2D eigenvalue weighted by Crippen LogP contribution is 2.24. The summed E-state index contributed by atoms with van der Waals surface area (Å²) in [4.78, 5) is 8.84. The highest BCUT2D eigenvalue weighted by molar-refractivity contribution is 7.90. The molecular weight excluding hydrogens is 402 g/mol. The number of aryl methyl sites for hydroxylation is 1. The fourth-order valence-electron chi connectivity index (χ4n) is 2.99. The van der Waals surface area contributed by atoms with Gasteiger partial charge in [0.25, 0.3) is 5.78 Å². The minimum absolute atomic E-state index is 0.263. The number of anilines is 1. The molecule has 0 unspecified atom stereocenters. The van der Waals surface area contributed by atoms with Crippen molar-refractivity contribution < 1.29 is 13.2 Å². The second kappa shape index (κ2) is 7.75. The fraction of sp³-hybridized carbons (Fsp3) is 0.190. The summed E-state index contributed by atoms with van der Waals surface area (Å²) in [6.07, 6.45) is 2.67. The van der Waals surface area contributed by atoms with Gasteiger partial charge in [0.05, 0.1) is 4.90 Å². The summed E-state index contributed by atoms with van der Waals surface area (Å²) in [6.45, 7) is 4.55. The van der Waals surface area contributed by atoms with Crippen molar-refractivity contribution in [2.75, 3.05) is 11.6 Å². The number of ether oxygens (including phenoxy) is 1. The molecule has 9 heteroatoms. The summed E-state index contributed by atoms with van der Waals surface area (Å²) in [7, 11) is -3.22. The van der Waals surface area contributed by atoms with E-state index in [0.717, 1.165) is 22.6 Å². The van der Waals surface area contributed by atoms with Gasteiger partial charge in [0.1, 0.15) is 23.6 Å². The number of rotatable bonds is 6. The van der Waals surface area contributed by atoms with Gasteiger partial charge >= 0.3 is 0 Å². The molecule has 154 valence electrons. The second-order valence-corrected chi connectivity index (χ2v) is 9.00. The summed E-state index contributed by atoms with van der Waals surface area (Å²) in [5, 5.41) is 7.65. The van der Waals surface area contributed by atoms with Gasteiger partial charge in [0.2, 0.25) is 0 Å². The summed E-state index contributed by atoms with van der Waals surface area (Å²) in [5.41, 5.74) is 2.99. The van der Waals surface area contributed by atoms with Gasteiger partial charge in [-0.2, -0.15) is 14.6 Å². The maximum absolute atomic E-state index is 11.5. The van der Waals surface area contributed by atoms with E-state index in [4.69, 9.17) is 4.74 Å². The minimum atomic E-state index is -3.22. The summed E-state index contributed by atoms with van der Waals surface area (Å²) < 4.78 is 30.6. The summed E-state index contributed by atoms with van der Waals surface area (Å²) >= 11 is 0. The molecule has 0 radical (unpaired) electrons. The van der Waals surface area contributed by atoms with Crippen molar-refractivity contribution in [3.63, 3.8) is 0 Å². The molecule has 2 aromatic heterocycles. The number of nitrogens with one attached hydrogen (secondary N) is 1. The molecule has 2 heterocycles. The Morgan fingerprint density at radius 2 is 1.63 bits per heavy atom. The summed E-state index contributed by atoms with van der Waals surface area (Å²) in [5.74, 6) is 2.66. The monoisotopic (exact) mass is 423 g/mol. The second-order valence-electron chi connectivity index (χ2n) is 6.99. The average molecular weight is 423 g/mol. The van der Waals surface area contributed by atoms with Crippen molar-refractivity contribution in [2.24, 2.45) is 0 Å². The quantitative estimate of drug-likeness (QED) is 0.506. The third-order valence-corrected chi connectivity index (χ3v) is 5.91. The van der Waals surface area contributed by atoms with Crippen LogP contribution in [0.3, 0.4) is 0 Å². The molecule has 0 atom stereocenters. The number of hydrogen-bond donors (Lipinski definition) is 1. The van der Waals surface area contributed by atoms with Crippen LogP contribution < -0.4 is 10.1 Å². The van der Waals surface area contributed by atoms with Crippen molar-refractivity contribution in [1.29, 1.82) is 0 Å². The van der Waals surface area contributed by atoms with Crippen LogP contribution >= 0.6 is 0 Å². The van der Waals surface area contributed by atoms with Crippen LogP contribution in [0.25, 0.3) is 5.78 Å². The lowest BCUT2D eigenvalue weighted by Crippen LogP contribution is -2.09. The maximum atomic E-state index is 11.5. The summed E-state index contributed by atoms with van der Waals surface area (Å²) in [6, 6.07) is 14.0. The van der Waals surface area contributed by atoms with Gasteiger partial charge in [-0.1, -0.05) is 12.1 Å². The van der Waals surface area contributed by atoms with Crippen LogP contribution in [0.1, 0.15) is 16.8 Å². The highest BCUT2D eigenvalue weighted by Gasteiger charge is 2.11. The van der Waals surface area contributed by atoms with E-state index in [1.165, 1.54) is 24.7 Å². The lowest BCUT2D eigenvalue weighted by atomic mass is 10.2. The van der Waals surface area contributed by atoms with Gasteiger partial charge in [-0.25, -0.2) is 13.4 Å². The largest absolute Gasteiger partial charge is 0.457 e. The van der Waals surface area contributed by atoms with Crippen molar-refractivity contribution in [3.8, 4) is 11.5 Å². The van der Waals surface area contributed by atoms with E-state index in [-0.39, 0.29) is 4.90 Å². The van der Waals surface area contributed by atoms with Crippen molar-refractivity contribution in [2.45, 2.75) is 25.3 Å². The molecule has 0 amide bonds. The van der Waals surface area contributed by atoms with Crippen LogP contribution in [0.4, 0.5) is 5.82 Å². The molecule has 0 aliphatic heterocycles. The Morgan fingerprint density at radius 1 is 1.00 bits per heavy atom. The van der Waals surface area contributed by atoms with E-state index in [2.05, 4.69) is 20.4 Å². The zero-order valence-corrected chi connectivity index (χ0v) is 17.6. The molecule has 0 aliphatic carbocycles. The van der Waals surface area contributed by atoms with E-state index in [0.29, 0.717) is 23.8 Å². The van der Waals surface area contributed by atoms with E-state index in [9.17, 15) is 8.42 Å². The molecule has 8 nitrogen and oxygen atoms in total. The van der Waals surface area contributed by atoms with Crippen molar-refractivity contribution in [1.82, 2.24) is 19.6 Å². The molecule has 4 aromatic rings. The Bertz CT molecular complexity index is 1300. The number of benzene rings is 2. The van der Waals surface area contributed by atoms with E-state index < -0.39 is 9.84 Å². The smallest absolute Gasteiger partial charge is 0.254 e. The lowest BCUT2D eigenvalue weighted by Gasteiger charge is -2.13. The van der Waals surface area contributed by atoms with Gasteiger partial charge < -0.3 is 10.1 Å². The van der Waals surface area contributed by atoms with Gasteiger partial charge in [-0.05, 0) is 55.8 Å². The Balaban J connectivity index is 1.45. The third kappa shape index (κ3) is 4.11. The molecule has 2 aromatic carbocycles. The van der Waals surface area contributed by atoms with Crippen LogP contribution in [0, 0.1) is 13.8 Å². The number of fused-ring (bicyclic) bond motifs is 1. The Kier molecular flexibility index (Phi) is 5.13. The first-order chi connectivity index (χ1) is 14.3. The fourth-order valence-corrected chi connectivity index (χ4v) is 3.62. The average Bonchev–Trinajstić information content (AvgIpc) is 3.17. The van der Waals surface area contributed by atoms with Crippen molar-refractivity contribution in [3.05, 3.63) is 71.7 Å². The maximum Gasteiger partial charge on any atom is 0.254 e. The molecule has 0 saturated heterocycles. The number of hydrogen-bond acceptors (Lipinski definition) is 7. The standard InChI is InChI=1S/C21H21N5O3S/c1-14-15(2)25-21-23-13-24-26(21)20(14)22-12-16-4-6-17(7-5-16)29-18-8-10-19(11-9-18)30(3,27)28/h4-11,13,22H,12H2,1-3H3. The van der Waals surface area contributed by atoms with Crippen LogP contribution in [-0.2, 0) is 16.4 Å². The first kappa shape index (κ1) is 19.8. The molecule has 4 rings (SSSR count). The topological polar surface area (TPSA) is 98.5 Å². The SMILES string of the molecule is Cc1nc2ncnn2c(NCc2ccc(Oc3ccc(S(C)(=O)=O)cc3)cc2)c1C. The Labute approximate surface area is 174 Å². The van der Waals surface area contributed by atoms with Gasteiger partial charge in [-0.15, -0.1) is 0 Å². The van der Waals surface area contributed by atoms with Gasteiger partial charge in [0, 0.05) is 24.1 Å². The predicted molar refractivity (Wildman–Crippen MR) is 114 cm³/mol. The number of aromatic nitrogens is 4. The zero-order chi connectivity index (χ0) is 21.3. The van der Waals surface area contributed by atoms with E-state index in [1.807, 2.05) is 38.1 Å². The Morgan fingerprint density at radius 3 is 2.27 bits per heavy atom. The number of nitrogens with zero attached hydrogens (tertiary/aromatic N) is 4. The van der Waals surface area contributed by atoms with Crippen LogP contribution in [0.5, 0.6) is 11.5 Å². The molecule has 1 N–H and O–H groups in total. The van der Waals surface area contributed by atoms with Gasteiger partial charge in [-0.3, -0.25) is 0 Å². The minimum Gasteiger partial charge on any atom is -0.457 e. The van der Waals surface area contributed by atoms with E-state index in [1.54, 1.807) is 16.6 Å². The first-order valence-corrected chi connectivity index (χ1v) is 11.2. The lowest BCUT2D eigenvalue weighted by molar-refractivity contribution is 0.482. The normalized spacial score (nSPS) is 11.6. The highest BCUT2D eigenvalue weighted by atomic mass is 32.2. The predicted octanol–water partition coefficient (Wildman–Crippen LogP) is 3.55. The molecule has 30 heavy (non-hydrogen) atoms. The molecule has 0 spiro atoms. The molecule has 0 fully saturated rings. The zero-order valence-electron chi connectivity index (χ0n) is 16.8. The van der Waals surface area contributed by atoms with Gasteiger partial charge in [0.15, 0.2) is 9.84 Å². The Hall–Kier alpha value is -3.46. The molecule has 0 aliphatic rings. The van der Waals surface area contributed by atoms with Crippen LogP contribution in [0.2, 0.25) is 0 Å². The molecular formula is C21H21N5O3S. The van der Waals surface area contributed by atoms with Crippen LogP contribution in [0.15, 0.2) is 59.8 Å². The first-order valence-electron chi connectivity index (χ1n) is 9.29. The van der Waals surface area contributed by atoms with E-state index >= 15 is 0 Å².